The van der Waals surface area contributed by atoms with Crippen LogP contribution in [0, 0.1) is 13.8 Å². The van der Waals surface area contributed by atoms with Crippen LogP contribution in [0.4, 0.5) is 18.2 Å². The summed E-state index contributed by atoms with van der Waals surface area (Å²) in [5.41, 5.74) is 0. The van der Waals surface area contributed by atoms with Crippen LogP contribution >= 0.6 is 27.3 Å². The number of piperazine rings is 1. The summed E-state index contributed by atoms with van der Waals surface area (Å²) in [6.45, 7) is 6.80. The van der Waals surface area contributed by atoms with E-state index in [0.717, 1.165) is 0 Å². The lowest BCUT2D eigenvalue weighted by molar-refractivity contribution is -0.137. The molecule has 7 nitrogen and oxygen atoms in total. The fourth-order valence-corrected chi connectivity index (χ4v) is 4.70. The zero-order valence-corrected chi connectivity index (χ0v) is 17.3. The molecule has 0 saturated carbocycles. The van der Waals surface area contributed by atoms with Crippen LogP contribution in [0.15, 0.2) is 4.60 Å². The number of alkyl halides is 3. The van der Waals surface area contributed by atoms with Gasteiger partial charge in [0.25, 0.3) is 0 Å². The molecule has 1 saturated heterocycles. The van der Waals surface area contributed by atoms with E-state index in [1.807, 2.05) is 11.8 Å². The van der Waals surface area contributed by atoms with E-state index in [2.05, 4.69) is 31.0 Å². The largest absolute Gasteiger partial charge is 0.443 e. The van der Waals surface area contributed by atoms with E-state index >= 15 is 0 Å². The molecule has 1 unspecified atom stereocenters. The van der Waals surface area contributed by atoms with Crippen LogP contribution in [0.25, 0.3) is 0 Å². The molecule has 2 aromatic rings. The SMILES string of the molecule is Cc1nc(C)n(CC(=O)N2CCN(c3sc(C(F)(F)F)nc3Br)CC2C)n1. The summed E-state index contributed by atoms with van der Waals surface area (Å²) in [5, 5.41) is 3.75. The van der Waals surface area contributed by atoms with E-state index in [9.17, 15) is 18.0 Å². The lowest BCUT2D eigenvalue weighted by Crippen LogP contribution is -2.54. The molecule has 0 radical (unpaired) electrons. The van der Waals surface area contributed by atoms with Gasteiger partial charge in [-0.05, 0) is 36.7 Å². The quantitative estimate of drug-likeness (QED) is 0.695. The van der Waals surface area contributed by atoms with Crippen molar-refractivity contribution in [2.24, 2.45) is 0 Å². The highest BCUT2D eigenvalue weighted by Crippen LogP contribution is 2.41. The first kappa shape index (κ1) is 20.1. The Labute approximate surface area is 166 Å². The Kier molecular flexibility index (Phi) is 5.48. The molecule has 1 atom stereocenters. The van der Waals surface area contributed by atoms with E-state index < -0.39 is 11.2 Å². The zero-order chi connectivity index (χ0) is 19.9. The molecule has 3 rings (SSSR count). The highest BCUT2D eigenvalue weighted by atomic mass is 79.9. The molecule has 1 fully saturated rings. The van der Waals surface area contributed by atoms with Gasteiger partial charge < -0.3 is 9.80 Å². The van der Waals surface area contributed by atoms with Crippen LogP contribution in [-0.2, 0) is 17.5 Å². The van der Waals surface area contributed by atoms with Crippen molar-refractivity contribution >= 4 is 38.2 Å². The number of aromatic nitrogens is 4. The molecule has 12 heteroatoms. The summed E-state index contributed by atoms with van der Waals surface area (Å²) in [6, 6.07) is -0.153. The van der Waals surface area contributed by atoms with Crippen molar-refractivity contribution in [2.75, 3.05) is 24.5 Å². The molecule has 0 N–H and O–H groups in total. The van der Waals surface area contributed by atoms with Crippen LogP contribution in [-0.4, -0.2) is 56.2 Å². The van der Waals surface area contributed by atoms with Crippen LogP contribution in [0.3, 0.4) is 0 Å². The average Bonchev–Trinajstić information content (AvgIpc) is 3.09. The third-order valence-corrected chi connectivity index (χ3v) is 6.27. The normalized spacial score (nSPS) is 18.3. The van der Waals surface area contributed by atoms with Gasteiger partial charge in [0.1, 0.15) is 27.8 Å². The molecule has 0 bridgehead atoms. The summed E-state index contributed by atoms with van der Waals surface area (Å²) in [5.74, 6) is 1.18. The Morgan fingerprint density at radius 1 is 1.30 bits per heavy atom. The summed E-state index contributed by atoms with van der Waals surface area (Å²) < 4.78 is 40.4. The number of carbonyl (C=O) groups excluding carboxylic acids is 1. The lowest BCUT2D eigenvalue weighted by Gasteiger charge is -2.40. The third kappa shape index (κ3) is 4.26. The number of hydrogen-bond donors (Lipinski definition) is 0. The van der Waals surface area contributed by atoms with Crippen molar-refractivity contribution in [3.05, 3.63) is 21.3 Å². The van der Waals surface area contributed by atoms with Crippen LogP contribution in [0.5, 0.6) is 0 Å². The zero-order valence-electron chi connectivity index (χ0n) is 14.9. The topological polar surface area (TPSA) is 67.2 Å². The van der Waals surface area contributed by atoms with Crippen molar-refractivity contribution in [2.45, 2.75) is 39.5 Å². The number of carbonyl (C=O) groups is 1. The first-order chi connectivity index (χ1) is 12.6. The summed E-state index contributed by atoms with van der Waals surface area (Å²) in [4.78, 5) is 24.0. The number of nitrogens with zero attached hydrogens (tertiary/aromatic N) is 6. The lowest BCUT2D eigenvalue weighted by atomic mass is 10.2. The van der Waals surface area contributed by atoms with Crippen LogP contribution in [0.1, 0.15) is 23.6 Å². The maximum absolute atomic E-state index is 12.9. The second kappa shape index (κ2) is 7.38. The number of aryl methyl sites for hydroxylation is 2. The monoisotopic (exact) mass is 466 g/mol. The van der Waals surface area contributed by atoms with Gasteiger partial charge in [0.2, 0.25) is 10.9 Å². The molecule has 0 aliphatic carbocycles. The van der Waals surface area contributed by atoms with Gasteiger partial charge in [-0.2, -0.15) is 18.3 Å². The molecular weight excluding hydrogens is 449 g/mol. The van der Waals surface area contributed by atoms with Gasteiger partial charge >= 0.3 is 6.18 Å². The molecule has 1 amide bonds. The fourth-order valence-electron chi connectivity index (χ4n) is 3.05. The first-order valence-corrected chi connectivity index (χ1v) is 9.83. The second-order valence-corrected chi connectivity index (χ2v) is 8.09. The number of thiazole rings is 1. The third-order valence-electron chi connectivity index (χ3n) is 4.29. The summed E-state index contributed by atoms with van der Waals surface area (Å²) in [6.07, 6.45) is -4.47. The van der Waals surface area contributed by atoms with E-state index in [1.165, 1.54) is 0 Å². The minimum absolute atomic E-state index is 0.0884. The van der Waals surface area contributed by atoms with Crippen LogP contribution < -0.4 is 4.90 Å². The van der Waals surface area contributed by atoms with Gasteiger partial charge in [0, 0.05) is 25.7 Å². The minimum atomic E-state index is -4.47. The fraction of sp³-hybridized carbons (Fsp3) is 0.600. The highest BCUT2D eigenvalue weighted by Gasteiger charge is 2.37. The van der Waals surface area contributed by atoms with Gasteiger partial charge in [-0.15, -0.1) is 0 Å². The Morgan fingerprint density at radius 2 is 2.00 bits per heavy atom. The molecule has 0 spiro atoms. The number of halogens is 4. The second-order valence-electron chi connectivity index (χ2n) is 6.36. The molecule has 1 aliphatic heterocycles. The van der Waals surface area contributed by atoms with Crippen molar-refractivity contribution in [1.82, 2.24) is 24.6 Å². The molecule has 2 aromatic heterocycles. The van der Waals surface area contributed by atoms with E-state index in [-0.39, 0.29) is 23.1 Å². The molecule has 3 heterocycles. The van der Waals surface area contributed by atoms with Crippen molar-refractivity contribution in [1.29, 1.82) is 0 Å². The molecular formula is C15H18BrF3N6OS. The standard InChI is InChI=1S/C15H18BrF3N6OS/c1-8-6-23(13-12(16)21-14(27-13)15(17,18)19)4-5-24(8)11(26)7-25-10(3)20-9(2)22-25/h8H,4-7H2,1-3H3. The van der Waals surface area contributed by atoms with Gasteiger partial charge in [-0.3, -0.25) is 4.79 Å². The highest BCUT2D eigenvalue weighted by molar-refractivity contribution is 9.10. The number of anilines is 1. The number of amides is 1. The Bertz CT molecular complexity index is 851. The van der Waals surface area contributed by atoms with Crippen molar-refractivity contribution < 1.29 is 18.0 Å². The van der Waals surface area contributed by atoms with Gasteiger partial charge in [-0.1, -0.05) is 11.3 Å². The molecule has 0 aromatic carbocycles. The Morgan fingerprint density at radius 3 is 2.52 bits per heavy atom. The van der Waals surface area contributed by atoms with E-state index in [4.69, 9.17) is 0 Å². The molecule has 148 valence electrons. The van der Waals surface area contributed by atoms with Gasteiger partial charge in [-0.25, -0.2) is 14.6 Å². The summed E-state index contributed by atoms with van der Waals surface area (Å²) >= 11 is 3.73. The molecule has 1 aliphatic rings. The maximum atomic E-state index is 12.9. The van der Waals surface area contributed by atoms with Crippen molar-refractivity contribution in [3.8, 4) is 0 Å². The smallest absolute Gasteiger partial charge is 0.357 e. The average molecular weight is 467 g/mol. The molecule has 27 heavy (non-hydrogen) atoms. The van der Waals surface area contributed by atoms with Gasteiger partial charge in [0.05, 0.1) is 0 Å². The predicted molar refractivity (Wildman–Crippen MR) is 97.7 cm³/mol. The van der Waals surface area contributed by atoms with E-state index in [0.29, 0.717) is 47.6 Å². The van der Waals surface area contributed by atoms with Gasteiger partial charge in [0.15, 0.2) is 0 Å². The predicted octanol–water partition coefficient (Wildman–Crippen LogP) is 2.87. The first-order valence-electron chi connectivity index (χ1n) is 8.22. The number of rotatable bonds is 3. The summed E-state index contributed by atoms with van der Waals surface area (Å²) in [7, 11) is 0. The number of hydrogen-bond acceptors (Lipinski definition) is 6. The van der Waals surface area contributed by atoms with Crippen LogP contribution in [0.2, 0.25) is 0 Å². The Balaban J connectivity index is 1.68. The van der Waals surface area contributed by atoms with E-state index in [1.54, 1.807) is 23.4 Å². The van der Waals surface area contributed by atoms with Crippen molar-refractivity contribution in [3.63, 3.8) is 0 Å². The Hall–Kier alpha value is -1.69. The minimum Gasteiger partial charge on any atom is -0.357 e. The maximum Gasteiger partial charge on any atom is 0.443 e.